The van der Waals surface area contributed by atoms with E-state index in [9.17, 15) is 5.11 Å². The standard InChI is InChI=1S/C14H22ClN5O/c1-10(21)11(6-4-2-3-5-7-15)20-9-19-12-13(16)17-8-18-14(12)20/h8-11,21H,2-7H2,1H3,(H2,16,17,18)/t10-,11?/m1/s1. The van der Waals surface area contributed by atoms with Crippen molar-refractivity contribution in [2.75, 3.05) is 11.6 Å². The monoisotopic (exact) mass is 311 g/mol. The van der Waals surface area contributed by atoms with Crippen LogP contribution in [-0.4, -0.2) is 36.6 Å². The summed E-state index contributed by atoms with van der Waals surface area (Å²) in [7, 11) is 0. The van der Waals surface area contributed by atoms with Gasteiger partial charge in [-0.3, -0.25) is 0 Å². The lowest BCUT2D eigenvalue weighted by Crippen LogP contribution is -2.21. The van der Waals surface area contributed by atoms with Crippen molar-refractivity contribution in [3.63, 3.8) is 0 Å². The van der Waals surface area contributed by atoms with Crippen LogP contribution in [0.5, 0.6) is 0 Å². The van der Waals surface area contributed by atoms with E-state index < -0.39 is 6.10 Å². The molecule has 0 amide bonds. The predicted octanol–water partition coefficient (Wildman–Crippen LogP) is 2.52. The molecular formula is C14H22ClN5O. The number of aliphatic hydroxyl groups excluding tert-OH is 1. The number of alkyl halides is 1. The zero-order valence-corrected chi connectivity index (χ0v) is 13.0. The number of fused-ring (bicyclic) bond motifs is 1. The number of unbranched alkanes of at least 4 members (excludes halogenated alkanes) is 3. The first-order chi connectivity index (χ1) is 10.1. The van der Waals surface area contributed by atoms with E-state index in [0.717, 1.165) is 32.1 Å². The van der Waals surface area contributed by atoms with E-state index >= 15 is 0 Å². The molecule has 0 saturated heterocycles. The van der Waals surface area contributed by atoms with Crippen LogP contribution in [0.2, 0.25) is 0 Å². The van der Waals surface area contributed by atoms with Crippen molar-refractivity contribution in [1.29, 1.82) is 0 Å². The molecule has 6 nitrogen and oxygen atoms in total. The van der Waals surface area contributed by atoms with Gasteiger partial charge in [0.2, 0.25) is 0 Å². The van der Waals surface area contributed by atoms with Gasteiger partial charge in [-0.2, -0.15) is 0 Å². The van der Waals surface area contributed by atoms with Crippen molar-refractivity contribution in [1.82, 2.24) is 19.5 Å². The molecule has 3 N–H and O–H groups in total. The van der Waals surface area contributed by atoms with Crippen molar-refractivity contribution >= 4 is 28.6 Å². The van der Waals surface area contributed by atoms with Crippen LogP contribution in [0, 0.1) is 0 Å². The molecule has 2 aromatic rings. The first kappa shape index (κ1) is 16.0. The number of nitrogen functional groups attached to an aromatic ring is 1. The Bertz CT molecular complexity index is 571. The molecule has 2 rings (SSSR count). The van der Waals surface area contributed by atoms with Crippen molar-refractivity contribution in [2.24, 2.45) is 0 Å². The maximum atomic E-state index is 10.1. The summed E-state index contributed by atoms with van der Waals surface area (Å²) in [5.74, 6) is 1.08. The van der Waals surface area contributed by atoms with E-state index in [4.69, 9.17) is 17.3 Å². The van der Waals surface area contributed by atoms with Crippen molar-refractivity contribution in [3.05, 3.63) is 12.7 Å². The first-order valence-electron chi connectivity index (χ1n) is 7.32. The Balaban J connectivity index is 2.11. The van der Waals surface area contributed by atoms with Crippen molar-refractivity contribution in [3.8, 4) is 0 Å². The number of halogens is 1. The lowest BCUT2D eigenvalue weighted by molar-refractivity contribution is 0.124. The van der Waals surface area contributed by atoms with Gasteiger partial charge in [0.25, 0.3) is 0 Å². The fourth-order valence-corrected chi connectivity index (χ4v) is 2.72. The lowest BCUT2D eigenvalue weighted by Gasteiger charge is -2.21. The first-order valence-corrected chi connectivity index (χ1v) is 7.85. The Morgan fingerprint density at radius 2 is 2.00 bits per heavy atom. The van der Waals surface area contributed by atoms with Crippen LogP contribution in [0.1, 0.15) is 45.1 Å². The molecule has 0 aromatic carbocycles. The molecule has 7 heteroatoms. The SMILES string of the molecule is C[C@@H](O)C(CCCCCCCl)n1cnc2c(N)ncnc21. The number of nitrogens with zero attached hydrogens (tertiary/aromatic N) is 4. The third-order valence-electron chi connectivity index (χ3n) is 3.68. The van der Waals surface area contributed by atoms with Crippen LogP contribution >= 0.6 is 11.6 Å². The molecule has 0 aliphatic heterocycles. The number of nitrogens with two attached hydrogens (primary N) is 1. The Hall–Kier alpha value is -1.40. The number of hydrogen-bond donors (Lipinski definition) is 2. The molecule has 0 saturated carbocycles. The van der Waals surface area contributed by atoms with Gasteiger partial charge in [0, 0.05) is 5.88 Å². The zero-order valence-electron chi connectivity index (χ0n) is 12.2. The highest BCUT2D eigenvalue weighted by Gasteiger charge is 2.20. The molecule has 1 unspecified atom stereocenters. The molecule has 0 fully saturated rings. The van der Waals surface area contributed by atoms with Crippen molar-refractivity contribution in [2.45, 2.75) is 51.2 Å². The Kier molecular flexibility index (Phi) is 5.76. The number of rotatable bonds is 8. The highest BCUT2D eigenvalue weighted by molar-refractivity contribution is 6.17. The van der Waals surface area contributed by atoms with Gasteiger partial charge in [0.05, 0.1) is 18.5 Å². The second-order valence-corrected chi connectivity index (χ2v) is 5.66. The highest BCUT2D eigenvalue weighted by atomic mass is 35.5. The van der Waals surface area contributed by atoms with Gasteiger partial charge < -0.3 is 15.4 Å². The molecule has 0 spiro atoms. The highest BCUT2D eigenvalue weighted by Crippen LogP contribution is 2.25. The number of hydrogen-bond acceptors (Lipinski definition) is 5. The zero-order chi connectivity index (χ0) is 15.2. The molecule has 2 atom stereocenters. The van der Waals surface area contributed by atoms with Gasteiger partial charge in [-0.25, -0.2) is 15.0 Å². The molecule has 116 valence electrons. The second-order valence-electron chi connectivity index (χ2n) is 5.28. The summed E-state index contributed by atoms with van der Waals surface area (Å²) in [6.45, 7) is 1.79. The van der Waals surface area contributed by atoms with Crippen LogP contribution in [0.25, 0.3) is 11.2 Å². The van der Waals surface area contributed by atoms with E-state index in [0.29, 0.717) is 22.9 Å². The maximum Gasteiger partial charge on any atom is 0.165 e. The fourth-order valence-electron chi connectivity index (χ4n) is 2.53. The van der Waals surface area contributed by atoms with E-state index in [-0.39, 0.29) is 6.04 Å². The normalized spacial score (nSPS) is 14.4. The van der Waals surface area contributed by atoms with Gasteiger partial charge in [0.1, 0.15) is 11.8 Å². The van der Waals surface area contributed by atoms with Crippen LogP contribution in [-0.2, 0) is 0 Å². The number of anilines is 1. The summed E-state index contributed by atoms with van der Waals surface area (Å²) in [4.78, 5) is 12.4. The molecule has 21 heavy (non-hydrogen) atoms. The summed E-state index contributed by atoms with van der Waals surface area (Å²) in [5.41, 5.74) is 7.06. The molecule has 0 aliphatic carbocycles. The van der Waals surface area contributed by atoms with Gasteiger partial charge in [0.15, 0.2) is 11.5 Å². The second kappa shape index (κ2) is 7.56. The minimum atomic E-state index is -0.480. The van der Waals surface area contributed by atoms with Crippen LogP contribution < -0.4 is 5.73 Å². The molecular weight excluding hydrogens is 290 g/mol. The molecule has 0 radical (unpaired) electrons. The van der Waals surface area contributed by atoms with Crippen LogP contribution in [0.15, 0.2) is 12.7 Å². The Morgan fingerprint density at radius 3 is 2.71 bits per heavy atom. The van der Waals surface area contributed by atoms with E-state index in [1.54, 1.807) is 13.3 Å². The average Bonchev–Trinajstić information content (AvgIpc) is 2.88. The van der Waals surface area contributed by atoms with Crippen LogP contribution in [0.3, 0.4) is 0 Å². The number of aliphatic hydroxyl groups is 1. The predicted molar refractivity (Wildman–Crippen MR) is 84.3 cm³/mol. The lowest BCUT2D eigenvalue weighted by atomic mass is 10.0. The largest absolute Gasteiger partial charge is 0.391 e. The topological polar surface area (TPSA) is 89.8 Å². The van der Waals surface area contributed by atoms with Gasteiger partial charge in [-0.1, -0.05) is 19.3 Å². The molecule has 0 bridgehead atoms. The third kappa shape index (κ3) is 3.83. The molecule has 0 aliphatic rings. The quantitative estimate of drug-likeness (QED) is 0.577. The average molecular weight is 312 g/mol. The Morgan fingerprint density at radius 1 is 1.24 bits per heavy atom. The maximum absolute atomic E-state index is 10.1. The summed E-state index contributed by atoms with van der Waals surface area (Å²) >= 11 is 5.68. The van der Waals surface area contributed by atoms with Crippen molar-refractivity contribution < 1.29 is 5.11 Å². The van der Waals surface area contributed by atoms with Gasteiger partial charge in [-0.05, 0) is 19.8 Å². The fraction of sp³-hybridized carbons (Fsp3) is 0.643. The van der Waals surface area contributed by atoms with Gasteiger partial charge >= 0.3 is 0 Å². The summed E-state index contributed by atoms with van der Waals surface area (Å²) in [6, 6.07) is -0.0553. The molecule has 2 aromatic heterocycles. The van der Waals surface area contributed by atoms with E-state index in [2.05, 4.69) is 15.0 Å². The minimum Gasteiger partial charge on any atom is -0.391 e. The summed E-state index contributed by atoms with van der Waals surface area (Å²) < 4.78 is 1.90. The smallest absolute Gasteiger partial charge is 0.165 e. The van der Waals surface area contributed by atoms with Gasteiger partial charge in [-0.15, -0.1) is 11.6 Å². The van der Waals surface area contributed by atoms with E-state index in [1.807, 2.05) is 4.57 Å². The Labute approximate surface area is 129 Å². The minimum absolute atomic E-state index is 0.0553. The number of imidazole rings is 1. The van der Waals surface area contributed by atoms with Crippen LogP contribution in [0.4, 0.5) is 5.82 Å². The summed E-state index contributed by atoms with van der Waals surface area (Å²) in [6.07, 6.45) is 7.81. The summed E-state index contributed by atoms with van der Waals surface area (Å²) in [5, 5.41) is 10.1. The number of aromatic nitrogens is 4. The van der Waals surface area contributed by atoms with E-state index in [1.165, 1.54) is 6.33 Å². The molecule has 2 heterocycles. The third-order valence-corrected chi connectivity index (χ3v) is 3.95.